The molecule has 0 saturated heterocycles. The molecule has 0 fully saturated rings. The molecule has 3 rings (SSSR count). The number of carbonyl (C=O) groups excluding carboxylic acids is 1. The molecule has 2 aromatic heterocycles. The number of ether oxygens (including phenoxy) is 1. The second-order valence-corrected chi connectivity index (χ2v) is 4.94. The Hall–Kier alpha value is -1.95. The number of nitrogens with zero attached hydrogens (tertiary/aromatic N) is 3. The second-order valence-electron chi connectivity index (χ2n) is 4.02. The van der Waals surface area contributed by atoms with Crippen molar-refractivity contribution < 1.29 is 9.53 Å². The predicted octanol–water partition coefficient (Wildman–Crippen LogP) is 2.28. The Kier molecular flexibility index (Phi) is 3.16. The molecule has 0 bridgehead atoms. The van der Waals surface area contributed by atoms with Crippen molar-refractivity contribution in [1.82, 2.24) is 9.97 Å². The second kappa shape index (κ2) is 4.97. The molecule has 0 radical (unpaired) electrons. The highest BCUT2D eigenvalue weighted by molar-refractivity contribution is 9.10. The van der Waals surface area contributed by atoms with E-state index in [1.807, 2.05) is 6.07 Å². The van der Waals surface area contributed by atoms with Crippen molar-refractivity contribution in [3.05, 3.63) is 46.8 Å². The zero-order valence-electron chi connectivity index (χ0n) is 9.91. The SMILES string of the molecule is O=C(c1cccnc1)N1CCOc2ncc(Br)cc21. The van der Waals surface area contributed by atoms with Crippen LogP contribution < -0.4 is 9.64 Å². The van der Waals surface area contributed by atoms with Crippen LogP contribution in [-0.2, 0) is 0 Å². The van der Waals surface area contributed by atoms with Gasteiger partial charge in [-0.1, -0.05) is 0 Å². The number of aromatic nitrogens is 2. The standard InChI is InChI=1S/C13H10BrN3O2/c14-10-6-11-12(16-8-10)19-5-4-17(11)13(18)9-2-1-3-15-7-9/h1-3,6-8H,4-5H2. The van der Waals surface area contributed by atoms with Gasteiger partial charge in [0.2, 0.25) is 5.88 Å². The summed E-state index contributed by atoms with van der Waals surface area (Å²) in [6, 6.07) is 5.32. The van der Waals surface area contributed by atoms with Crippen LogP contribution in [0.25, 0.3) is 0 Å². The fourth-order valence-electron chi connectivity index (χ4n) is 1.93. The number of hydrogen-bond acceptors (Lipinski definition) is 4. The molecule has 1 aliphatic rings. The highest BCUT2D eigenvalue weighted by Gasteiger charge is 2.25. The van der Waals surface area contributed by atoms with E-state index >= 15 is 0 Å². The fraction of sp³-hybridized carbons (Fsp3) is 0.154. The number of hydrogen-bond donors (Lipinski definition) is 0. The van der Waals surface area contributed by atoms with Gasteiger partial charge in [0.1, 0.15) is 12.3 Å². The first kappa shape index (κ1) is 12.1. The van der Waals surface area contributed by atoms with Crippen LogP contribution >= 0.6 is 15.9 Å². The topological polar surface area (TPSA) is 55.3 Å². The first-order valence-electron chi connectivity index (χ1n) is 5.76. The van der Waals surface area contributed by atoms with E-state index in [0.717, 1.165) is 4.47 Å². The Balaban J connectivity index is 2.00. The van der Waals surface area contributed by atoms with Gasteiger partial charge < -0.3 is 4.74 Å². The lowest BCUT2D eigenvalue weighted by atomic mass is 10.2. The summed E-state index contributed by atoms with van der Waals surface area (Å²) >= 11 is 3.35. The zero-order valence-corrected chi connectivity index (χ0v) is 11.5. The van der Waals surface area contributed by atoms with E-state index in [4.69, 9.17) is 4.74 Å². The summed E-state index contributed by atoms with van der Waals surface area (Å²) in [5.41, 5.74) is 1.23. The van der Waals surface area contributed by atoms with Crippen molar-refractivity contribution in [2.75, 3.05) is 18.1 Å². The number of carbonyl (C=O) groups is 1. The molecule has 0 N–H and O–H groups in total. The largest absolute Gasteiger partial charge is 0.474 e. The minimum absolute atomic E-state index is 0.0995. The summed E-state index contributed by atoms with van der Waals surface area (Å²) in [5, 5.41) is 0. The molecule has 5 nitrogen and oxygen atoms in total. The molecule has 0 aliphatic carbocycles. The van der Waals surface area contributed by atoms with Gasteiger partial charge in [0.25, 0.3) is 5.91 Å². The van der Waals surface area contributed by atoms with Crippen LogP contribution in [0.4, 0.5) is 5.69 Å². The van der Waals surface area contributed by atoms with Gasteiger partial charge in [-0.25, -0.2) is 4.98 Å². The lowest BCUT2D eigenvalue weighted by molar-refractivity contribution is 0.0975. The Morgan fingerprint density at radius 3 is 3.11 bits per heavy atom. The summed E-state index contributed by atoms with van der Waals surface area (Å²) in [6.45, 7) is 0.937. The molecule has 0 saturated carbocycles. The van der Waals surface area contributed by atoms with Crippen LogP contribution in [0.15, 0.2) is 41.3 Å². The Bertz CT molecular complexity index is 619. The minimum Gasteiger partial charge on any atom is -0.474 e. The summed E-state index contributed by atoms with van der Waals surface area (Å²) < 4.78 is 6.26. The van der Waals surface area contributed by atoms with Crippen molar-refractivity contribution in [2.24, 2.45) is 0 Å². The van der Waals surface area contributed by atoms with Crippen LogP contribution in [0.3, 0.4) is 0 Å². The Morgan fingerprint density at radius 2 is 2.32 bits per heavy atom. The van der Waals surface area contributed by atoms with Gasteiger partial charge >= 0.3 is 0 Å². The van der Waals surface area contributed by atoms with E-state index < -0.39 is 0 Å². The maximum atomic E-state index is 12.5. The van der Waals surface area contributed by atoms with Crippen LogP contribution in [0.1, 0.15) is 10.4 Å². The third-order valence-corrected chi connectivity index (χ3v) is 3.23. The molecule has 1 aliphatic heterocycles. The number of amides is 1. The van der Waals surface area contributed by atoms with Crippen molar-refractivity contribution in [3.63, 3.8) is 0 Å². The van der Waals surface area contributed by atoms with Crippen molar-refractivity contribution in [1.29, 1.82) is 0 Å². The molecule has 6 heteroatoms. The molecular weight excluding hydrogens is 310 g/mol. The highest BCUT2D eigenvalue weighted by Crippen LogP contribution is 2.32. The summed E-state index contributed by atoms with van der Waals surface area (Å²) in [7, 11) is 0. The first-order chi connectivity index (χ1) is 9.25. The lowest BCUT2D eigenvalue weighted by Gasteiger charge is -2.28. The van der Waals surface area contributed by atoms with E-state index in [1.54, 1.807) is 35.6 Å². The van der Waals surface area contributed by atoms with Gasteiger partial charge in [0, 0.05) is 23.1 Å². The molecule has 19 heavy (non-hydrogen) atoms. The molecule has 0 spiro atoms. The molecule has 0 unspecified atom stereocenters. The molecule has 3 heterocycles. The number of pyridine rings is 2. The van der Waals surface area contributed by atoms with Crippen LogP contribution in [0.5, 0.6) is 5.88 Å². The maximum absolute atomic E-state index is 12.5. The average Bonchev–Trinajstić information content (AvgIpc) is 2.47. The van der Waals surface area contributed by atoms with E-state index in [1.165, 1.54) is 0 Å². The summed E-state index contributed by atoms with van der Waals surface area (Å²) in [6.07, 6.45) is 4.85. The third kappa shape index (κ3) is 2.31. The van der Waals surface area contributed by atoms with Gasteiger partial charge in [0.05, 0.1) is 12.1 Å². The molecule has 96 valence electrons. The van der Waals surface area contributed by atoms with E-state index in [-0.39, 0.29) is 5.91 Å². The van der Waals surface area contributed by atoms with Crippen LogP contribution in [0.2, 0.25) is 0 Å². The molecular formula is C13H10BrN3O2. The predicted molar refractivity (Wildman–Crippen MR) is 73.3 cm³/mol. The molecule has 2 aromatic rings. The van der Waals surface area contributed by atoms with Gasteiger partial charge in [-0.05, 0) is 34.1 Å². The third-order valence-electron chi connectivity index (χ3n) is 2.80. The van der Waals surface area contributed by atoms with Crippen molar-refractivity contribution in [3.8, 4) is 5.88 Å². The van der Waals surface area contributed by atoms with Crippen molar-refractivity contribution >= 4 is 27.5 Å². The number of rotatable bonds is 1. The average molecular weight is 320 g/mol. The van der Waals surface area contributed by atoms with Crippen molar-refractivity contribution in [2.45, 2.75) is 0 Å². The van der Waals surface area contributed by atoms with E-state index in [0.29, 0.717) is 30.3 Å². The monoisotopic (exact) mass is 319 g/mol. The quantitative estimate of drug-likeness (QED) is 0.809. The van der Waals surface area contributed by atoms with Crippen LogP contribution in [-0.4, -0.2) is 29.0 Å². The number of anilines is 1. The highest BCUT2D eigenvalue weighted by atomic mass is 79.9. The van der Waals surface area contributed by atoms with Gasteiger partial charge in [0.15, 0.2) is 0 Å². The van der Waals surface area contributed by atoms with Gasteiger partial charge in [-0.15, -0.1) is 0 Å². The number of fused-ring (bicyclic) bond motifs is 1. The van der Waals surface area contributed by atoms with Gasteiger partial charge in [-0.3, -0.25) is 14.7 Å². The van der Waals surface area contributed by atoms with Gasteiger partial charge in [-0.2, -0.15) is 0 Å². The maximum Gasteiger partial charge on any atom is 0.260 e. The zero-order chi connectivity index (χ0) is 13.2. The summed E-state index contributed by atoms with van der Waals surface area (Å²) in [4.78, 5) is 22.3. The minimum atomic E-state index is -0.0995. The smallest absolute Gasteiger partial charge is 0.260 e. The normalized spacial score (nSPS) is 13.6. The fourth-order valence-corrected chi connectivity index (χ4v) is 2.25. The van der Waals surface area contributed by atoms with E-state index in [9.17, 15) is 4.79 Å². The van der Waals surface area contributed by atoms with E-state index in [2.05, 4.69) is 25.9 Å². The summed E-state index contributed by atoms with van der Waals surface area (Å²) in [5.74, 6) is 0.379. The molecule has 1 amide bonds. The Labute approximate surface area is 118 Å². The van der Waals surface area contributed by atoms with Crippen LogP contribution in [0, 0.1) is 0 Å². The lowest BCUT2D eigenvalue weighted by Crippen LogP contribution is -2.38. The first-order valence-corrected chi connectivity index (χ1v) is 6.55. The number of halogens is 1. The molecule has 0 aromatic carbocycles. The Morgan fingerprint density at radius 1 is 1.42 bits per heavy atom. The molecule has 0 atom stereocenters.